The van der Waals surface area contributed by atoms with Crippen LogP contribution in [0.5, 0.6) is 0 Å². The highest BCUT2D eigenvalue weighted by atomic mass is 16.3. The summed E-state index contributed by atoms with van der Waals surface area (Å²) in [5, 5.41) is 1.27. The maximum absolute atomic E-state index is 6.32. The number of fused-ring (bicyclic) bond motifs is 6. The lowest BCUT2D eigenvalue weighted by atomic mass is 9.78. The minimum Gasteiger partial charge on any atom is -0.456 e. The van der Waals surface area contributed by atoms with Crippen LogP contribution in [0.4, 0.5) is 0 Å². The zero-order chi connectivity index (χ0) is 24.9. The van der Waals surface area contributed by atoms with Crippen LogP contribution >= 0.6 is 0 Å². The molecular weight excluding hydrogens is 452 g/mol. The number of furan rings is 1. The number of nitrogens with zero attached hydrogens (tertiary/aromatic N) is 2. The number of benzene rings is 1. The largest absolute Gasteiger partial charge is 0.456 e. The van der Waals surface area contributed by atoms with Gasteiger partial charge in [-0.15, -0.1) is 0 Å². The standard InChI is InChI=1S/C34H34N2O/c1-3-4-9-25-20-24(17-18-35-25)23-8-7-10-26(21-23)36-29-14-13-22(2)19-28(29)33-30(36)15-16-32-34(33)27-11-5-6-12-31(27)37-32/h5-6,8,11-18,20-22,30,33H,3-4,7,9-10,19H2,1-2H3. The van der Waals surface area contributed by atoms with Crippen molar-refractivity contribution in [3.8, 4) is 0 Å². The first-order valence-corrected chi connectivity index (χ1v) is 14.0. The lowest BCUT2D eigenvalue weighted by molar-refractivity contribution is 0.367. The van der Waals surface area contributed by atoms with Gasteiger partial charge in [-0.3, -0.25) is 4.98 Å². The third-order valence-corrected chi connectivity index (χ3v) is 8.48. The molecule has 0 radical (unpaired) electrons. The van der Waals surface area contributed by atoms with Crippen LogP contribution < -0.4 is 0 Å². The first kappa shape index (κ1) is 22.6. The summed E-state index contributed by atoms with van der Waals surface area (Å²) in [7, 11) is 0. The smallest absolute Gasteiger partial charge is 0.135 e. The number of pyridine rings is 1. The fourth-order valence-corrected chi connectivity index (χ4v) is 6.75. The van der Waals surface area contributed by atoms with E-state index in [1.165, 1.54) is 52.0 Å². The van der Waals surface area contributed by atoms with Crippen molar-refractivity contribution in [2.24, 2.45) is 5.92 Å². The van der Waals surface area contributed by atoms with Crippen LogP contribution in [0.3, 0.4) is 0 Å². The molecule has 7 rings (SSSR count). The molecule has 0 N–H and O–H groups in total. The molecule has 3 heterocycles. The maximum Gasteiger partial charge on any atom is 0.135 e. The van der Waals surface area contributed by atoms with Crippen molar-refractivity contribution >= 4 is 22.6 Å². The lowest BCUT2D eigenvalue weighted by Gasteiger charge is -2.34. The van der Waals surface area contributed by atoms with E-state index < -0.39 is 0 Å². The van der Waals surface area contributed by atoms with E-state index in [2.05, 4.69) is 96.6 Å². The zero-order valence-electron chi connectivity index (χ0n) is 21.8. The van der Waals surface area contributed by atoms with Crippen LogP contribution in [0.25, 0.3) is 22.6 Å². The maximum atomic E-state index is 6.32. The summed E-state index contributed by atoms with van der Waals surface area (Å²) in [5.74, 6) is 1.93. The topological polar surface area (TPSA) is 29.3 Å². The van der Waals surface area contributed by atoms with Gasteiger partial charge in [0, 0.05) is 40.2 Å². The van der Waals surface area contributed by atoms with E-state index in [-0.39, 0.29) is 6.04 Å². The van der Waals surface area contributed by atoms with Crippen molar-refractivity contribution in [1.29, 1.82) is 0 Å². The molecule has 37 heavy (non-hydrogen) atoms. The number of rotatable bonds is 5. The van der Waals surface area contributed by atoms with E-state index in [1.54, 1.807) is 5.57 Å². The van der Waals surface area contributed by atoms with E-state index in [0.717, 1.165) is 37.0 Å². The average molecular weight is 487 g/mol. The number of allylic oxidation sites excluding steroid dienone is 6. The number of hydrogen-bond acceptors (Lipinski definition) is 3. The van der Waals surface area contributed by atoms with Crippen molar-refractivity contribution in [2.45, 2.75) is 64.3 Å². The van der Waals surface area contributed by atoms with Gasteiger partial charge in [0.25, 0.3) is 0 Å². The first-order chi connectivity index (χ1) is 18.2. The molecule has 3 aliphatic carbocycles. The summed E-state index contributed by atoms with van der Waals surface area (Å²) in [6.07, 6.45) is 22.9. The van der Waals surface area contributed by atoms with Gasteiger partial charge in [-0.05, 0) is 91.2 Å². The minimum atomic E-state index is 0.289. The van der Waals surface area contributed by atoms with Gasteiger partial charge in [0.1, 0.15) is 11.3 Å². The summed E-state index contributed by atoms with van der Waals surface area (Å²) in [6, 6.07) is 13.3. The fraction of sp³-hybridized carbons (Fsp3) is 0.324. The predicted molar refractivity (Wildman–Crippen MR) is 152 cm³/mol. The Kier molecular flexibility index (Phi) is 5.53. The molecule has 3 atom stereocenters. The Bertz CT molecular complexity index is 1530. The van der Waals surface area contributed by atoms with E-state index in [1.807, 2.05) is 6.20 Å². The second-order valence-electron chi connectivity index (χ2n) is 11.0. The van der Waals surface area contributed by atoms with Gasteiger partial charge < -0.3 is 9.32 Å². The van der Waals surface area contributed by atoms with Crippen molar-refractivity contribution in [2.75, 3.05) is 0 Å². The highest BCUT2D eigenvalue weighted by Gasteiger charge is 2.45. The molecule has 0 fully saturated rings. The Balaban J connectivity index is 1.30. The van der Waals surface area contributed by atoms with Gasteiger partial charge in [0.05, 0.1) is 6.04 Å². The summed E-state index contributed by atoms with van der Waals surface area (Å²) < 4.78 is 6.32. The van der Waals surface area contributed by atoms with Crippen molar-refractivity contribution in [1.82, 2.24) is 9.88 Å². The van der Waals surface area contributed by atoms with Crippen molar-refractivity contribution < 1.29 is 4.42 Å². The quantitative estimate of drug-likeness (QED) is 0.362. The highest BCUT2D eigenvalue weighted by molar-refractivity contribution is 5.87. The Hall–Kier alpha value is -3.59. The molecule has 0 spiro atoms. The van der Waals surface area contributed by atoms with Gasteiger partial charge >= 0.3 is 0 Å². The third kappa shape index (κ3) is 3.75. The van der Waals surface area contributed by atoms with Gasteiger partial charge in [-0.2, -0.15) is 0 Å². The number of aryl methyl sites for hydroxylation is 1. The predicted octanol–water partition coefficient (Wildman–Crippen LogP) is 8.58. The molecule has 0 bridgehead atoms. The van der Waals surface area contributed by atoms with Crippen LogP contribution in [0.15, 0.2) is 94.4 Å². The average Bonchev–Trinajstić information content (AvgIpc) is 3.47. The van der Waals surface area contributed by atoms with E-state index in [4.69, 9.17) is 4.42 Å². The number of hydrogen-bond donors (Lipinski definition) is 0. The molecule has 0 saturated heterocycles. The Labute approximate surface area is 219 Å². The Morgan fingerprint density at radius 3 is 2.95 bits per heavy atom. The van der Waals surface area contributed by atoms with Crippen LogP contribution in [-0.2, 0) is 6.42 Å². The van der Waals surface area contributed by atoms with E-state index in [9.17, 15) is 0 Å². The molecule has 3 aromatic rings. The summed E-state index contributed by atoms with van der Waals surface area (Å²) >= 11 is 0. The third-order valence-electron chi connectivity index (χ3n) is 8.48. The second-order valence-corrected chi connectivity index (χ2v) is 11.0. The minimum absolute atomic E-state index is 0.289. The van der Waals surface area contributed by atoms with E-state index in [0.29, 0.717) is 11.8 Å². The Morgan fingerprint density at radius 2 is 2.03 bits per heavy atom. The normalized spacial score (nSPS) is 24.2. The number of aromatic nitrogens is 1. The summed E-state index contributed by atoms with van der Waals surface area (Å²) in [6.45, 7) is 4.58. The number of para-hydroxylation sites is 1. The van der Waals surface area contributed by atoms with Gasteiger partial charge in [0.2, 0.25) is 0 Å². The lowest BCUT2D eigenvalue weighted by Crippen LogP contribution is -2.32. The zero-order valence-corrected chi connectivity index (χ0v) is 21.8. The number of unbranched alkanes of at least 4 members (excludes halogenated alkanes) is 1. The van der Waals surface area contributed by atoms with E-state index >= 15 is 0 Å². The molecule has 2 aromatic heterocycles. The van der Waals surface area contributed by atoms with Gasteiger partial charge in [0.15, 0.2) is 0 Å². The molecule has 0 saturated carbocycles. The van der Waals surface area contributed by atoms with Gasteiger partial charge in [-0.25, -0.2) is 0 Å². The van der Waals surface area contributed by atoms with Gasteiger partial charge in [-0.1, -0.05) is 56.7 Å². The van der Waals surface area contributed by atoms with Crippen LogP contribution in [0.2, 0.25) is 0 Å². The molecule has 3 heteroatoms. The molecule has 3 nitrogen and oxygen atoms in total. The molecular formula is C34H34N2O. The van der Waals surface area contributed by atoms with Crippen LogP contribution in [0.1, 0.15) is 74.5 Å². The molecule has 0 amide bonds. The molecule has 1 aromatic carbocycles. The van der Waals surface area contributed by atoms with Crippen molar-refractivity contribution in [3.63, 3.8) is 0 Å². The SMILES string of the molecule is CCCCc1cc(C2=CCCC(N3C4=C(CC(C)C=C4)C4c5c(oc6ccccc56)C=CC43)=C2)ccn1. The first-order valence-electron chi connectivity index (χ1n) is 14.0. The Morgan fingerprint density at radius 1 is 1.11 bits per heavy atom. The van der Waals surface area contributed by atoms with Crippen LogP contribution in [-0.4, -0.2) is 15.9 Å². The summed E-state index contributed by atoms with van der Waals surface area (Å²) in [5.41, 5.74) is 10.6. The highest BCUT2D eigenvalue weighted by Crippen LogP contribution is 2.54. The molecule has 3 unspecified atom stereocenters. The fourth-order valence-electron chi connectivity index (χ4n) is 6.75. The van der Waals surface area contributed by atoms with Crippen molar-refractivity contribution in [3.05, 3.63) is 113 Å². The molecule has 4 aliphatic rings. The second kappa shape index (κ2) is 9.06. The summed E-state index contributed by atoms with van der Waals surface area (Å²) in [4.78, 5) is 7.28. The monoisotopic (exact) mass is 486 g/mol. The van der Waals surface area contributed by atoms with Crippen LogP contribution in [0, 0.1) is 5.92 Å². The molecule has 186 valence electrons. The molecule has 1 aliphatic heterocycles.